The number of H-pyrrole nitrogens is 1. The molecule has 0 radical (unpaired) electrons. The van der Waals surface area contributed by atoms with Crippen molar-refractivity contribution in [3.8, 4) is 11.5 Å². The Bertz CT molecular complexity index is 600. The number of rotatable bonds is 6. The van der Waals surface area contributed by atoms with Gasteiger partial charge < -0.3 is 14.8 Å². The molecule has 0 saturated carbocycles. The number of aromatic amines is 1. The van der Waals surface area contributed by atoms with E-state index in [2.05, 4.69) is 22.4 Å². The van der Waals surface area contributed by atoms with Gasteiger partial charge in [-0.05, 0) is 18.6 Å². The Kier molecular flexibility index (Phi) is 4.81. The van der Waals surface area contributed by atoms with Gasteiger partial charge in [-0.1, -0.05) is 19.4 Å². The summed E-state index contributed by atoms with van der Waals surface area (Å²) in [5, 5.41) is 9.71. The summed E-state index contributed by atoms with van der Waals surface area (Å²) in [6.07, 6.45) is 1.90. The maximum absolute atomic E-state index is 12.4. The highest BCUT2D eigenvalue weighted by atomic mass is 16.5. The highest BCUT2D eigenvalue weighted by Crippen LogP contribution is 2.28. The van der Waals surface area contributed by atoms with Crippen molar-refractivity contribution in [3.05, 3.63) is 35.5 Å². The molecule has 0 bridgehead atoms. The lowest BCUT2D eigenvalue weighted by Crippen LogP contribution is -2.14. The van der Waals surface area contributed by atoms with E-state index in [4.69, 9.17) is 9.47 Å². The summed E-state index contributed by atoms with van der Waals surface area (Å²) in [6.45, 7) is 2.08. The Hall–Kier alpha value is -2.50. The summed E-state index contributed by atoms with van der Waals surface area (Å²) >= 11 is 0. The van der Waals surface area contributed by atoms with Gasteiger partial charge in [0.05, 0.1) is 14.2 Å². The lowest BCUT2D eigenvalue weighted by Gasteiger charge is -2.11. The molecule has 2 N–H and O–H groups in total. The molecule has 1 amide bonds. The first-order valence-corrected chi connectivity index (χ1v) is 6.76. The van der Waals surface area contributed by atoms with E-state index in [0.29, 0.717) is 22.9 Å². The van der Waals surface area contributed by atoms with Crippen molar-refractivity contribution in [2.45, 2.75) is 19.8 Å². The minimum Gasteiger partial charge on any atom is -0.496 e. The third kappa shape index (κ3) is 3.34. The first kappa shape index (κ1) is 14.9. The van der Waals surface area contributed by atoms with E-state index in [1.807, 2.05) is 6.07 Å². The molecule has 6 nitrogen and oxygen atoms in total. The van der Waals surface area contributed by atoms with E-state index in [0.717, 1.165) is 18.5 Å². The molecular formula is C15H19N3O3. The van der Waals surface area contributed by atoms with Crippen LogP contribution in [0.4, 0.5) is 5.82 Å². The van der Waals surface area contributed by atoms with Gasteiger partial charge in [-0.15, -0.1) is 0 Å². The van der Waals surface area contributed by atoms with Gasteiger partial charge in [-0.25, -0.2) is 0 Å². The Morgan fingerprint density at radius 3 is 2.52 bits per heavy atom. The molecule has 21 heavy (non-hydrogen) atoms. The van der Waals surface area contributed by atoms with Crippen LogP contribution in [0.1, 0.15) is 29.4 Å². The number of anilines is 1. The SMILES string of the molecule is CCCc1cc(NC(=O)c2c(OC)cccc2OC)n[nH]1. The van der Waals surface area contributed by atoms with Crippen LogP contribution in [0.25, 0.3) is 0 Å². The Morgan fingerprint density at radius 1 is 1.29 bits per heavy atom. The largest absolute Gasteiger partial charge is 0.496 e. The van der Waals surface area contributed by atoms with E-state index < -0.39 is 0 Å². The standard InChI is InChI=1S/C15H19N3O3/c1-4-6-10-9-13(18-17-10)16-15(19)14-11(20-2)7-5-8-12(14)21-3/h5,7-9H,4,6H2,1-3H3,(H2,16,17,18,19). The molecular weight excluding hydrogens is 270 g/mol. The fourth-order valence-electron chi connectivity index (χ4n) is 2.08. The van der Waals surface area contributed by atoms with Gasteiger partial charge in [0, 0.05) is 11.8 Å². The van der Waals surface area contributed by atoms with Crippen molar-refractivity contribution in [3.63, 3.8) is 0 Å². The maximum atomic E-state index is 12.4. The third-order valence-electron chi connectivity index (χ3n) is 3.05. The van der Waals surface area contributed by atoms with Crippen LogP contribution < -0.4 is 14.8 Å². The highest BCUT2D eigenvalue weighted by Gasteiger charge is 2.19. The number of ether oxygens (including phenoxy) is 2. The van der Waals surface area contributed by atoms with Gasteiger partial charge in [0.1, 0.15) is 17.1 Å². The Balaban J connectivity index is 2.23. The topological polar surface area (TPSA) is 76.2 Å². The summed E-state index contributed by atoms with van der Waals surface area (Å²) in [6, 6.07) is 7.01. The number of carbonyl (C=O) groups excluding carboxylic acids is 1. The Labute approximate surface area is 123 Å². The van der Waals surface area contributed by atoms with Crippen molar-refractivity contribution < 1.29 is 14.3 Å². The molecule has 6 heteroatoms. The van der Waals surface area contributed by atoms with E-state index in [1.165, 1.54) is 14.2 Å². The number of hydrogen-bond donors (Lipinski definition) is 2. The molecule has 0 aliphatic carbocycles. The minimum atomic E-state index is -0.321. The number of nitrogens with one attached hydrogen (secondary N) is 2. The van der Waals surface area contributed by atoms with Crippen LogP contribution in [0.2, 0.25) is 0 Å². The van der Waals surface area contributed by atoms with Crippen LogP contribution in [0.5, 0.6) is 11.5 Å². The molecule has 0 unspecified atom stereocenters. The molecule has 0 aliphatic heterocycles. The number of methoxy groups -OCH3 is 2. The number of benzene rings is 1. The normalized spacial score (nSPS) is 10.2. The van der Waals surface area contributed by atoms with Gasteiger partial charge in [0.25, 0.3) is 5.91 Å². The summed E-state index contributed by atoms with van der Waals surface area (Å²) in [4.78, 5) is 12.4. The van der Waals surface area contributed by atoms with E-state index in [1.54, 1.807) is 18.2 Å². The first-order chi connectivity index (χ1) is 10.2. The quantitative estimate of drug-likeness (QED) is 0.857. The van der Waals surface area contributed by atoms with E-state index in [-0.39, 0.29) is 5.91 Å². The number of amides is 1. The third-order valence-corrected chi connectivity index (χ3v) is 3.05. The monoisotopic (exact) mass is 289 g/mol. The second-order valence-electron chi connectivity index (χ2n) is 4.52. The molecule has 1 aromatic carbocycles. The molecule has 0 saturated heterocycles. The number of aryl methyl sites for hydroxylation is 1. The molecule has 0 aliphatic rings. The number of nitrogens with zero attached hydrogens (tertiary/aromatic N) is 1. The molecule has 2 aromatic rings. The van der Waals surface area contributed by atoms with E-state index >= 15 is 0 Å². The molecule has 1 aromatic heterocycles. The zero-order valence-corrected chi connectivity index (χ0v) is 12.4. The second kappa shape index (κ2) is 6.78. The molecule has 0 spiro atoms. The van der Waals surface area contributed by atoms with Crippen molar-refractivity contribution in [1.82, 2.24) is 10.2 Å². The summed E-state index contributed by atoms with van der Waals surface area (Å²) in [5.41, 5.74) is 1.34. The maximum Gasteiger partial charge on any atom is 0.264 e. The second-order valence-corrected chi connectivity index (χ2v) is 4.52. The molecule has 1 heterocycles. The zero-order chi connectivity index (χ0) is 15.2. The minimum absolute atomic E-state index is 0.321. The van der Waals surface area contributed by atoms with Crippen LogP contribution in [0, 0.1) is 0 Å². The van der Waals surface area contributed by atoms with Crippen LogP contribution in [-0.2, 0) is 6.42 Å². The molecule has 0 atom stereocenters. The fraction of sp³-hybridized carbons (Fsp3) is 0.333. The van der Waals surface area contributed by atoms with Crippen LogP contribution in [0.3, 0.4) is 0 Å². The van der Waals surface area contributed by atoms with Gasteiger partial charge in [-0.3, -0.25) is 9.89 Å². The van der Waals surface area contributed by atoms with Crippen molar-refractivity contribution in [1.29, 1.82) is 0 Å². The van der Waals surface area contributed by atoms with Crippen molar-refractivity contribution in [2.24, 2.45) is 0 Å². The zero-order valence-electron chi connectivity index (χ0n) is 12.4. The first-order valence-electron chi connectivity index (χ1n) is 6.76. The lowest BCUT2D eigenvalue weighted by atomic mass is 10.1. The summed E-state index contributed by atoms with van der Waals surface area (Å²) in [5.74, 6) is 1.07. The average molecular weight is 289 g/mol. The van der Waals surface area contributed by atoms with Crippen molar-refractivity contribution >= 4 is 11.7 Å². The van der Waals surface area contributed by atoms with Crippen LogP contribution in [0.15, 0.2) is 24.3 Å². The summed E-state index contributed by atoms with van der Waals surface area (Å²) in [7, 11) is 3.03. The predicted molar refractivity (Wildman–Crippen MR) is 80.1 cm³/mol. The highest BCUT2D eigenvalue weighted by molar-refractivity contribution is 6.07. The molecule has 112 valence electrons. The van der Waals surface area contributed by atoms with Gasteiger partial charge in [-0.2, -0.15) is 5.10 Å². The summed E-state index contributed by atoms with van der Waals surface area (Å²) < 4.78 is 10.4. The van der Waals surface area contributed by atoms with Crippen LogP contribution >= 0.6 is 0 Å². The lowest BCUT2D eigenvalue weighted by molar-refractivity contribution is 0.102. The van der Waals surface area contributed by atoms with Crippen molar-refractivity contribution in [2.75, 3.05) is 19.5 Å². The number of aromatic nitrogens is 2. The number of carbonyl (C=O) groups is 1. The Morgan fingerprint density at radius 2 is 1.95 bits per heavy atom. The fourth-order valence-corrected chi connectivity index (χ4v) is 2.08. The van der Waals surface area contributed by atoms with Gasteiger partial charge in [0.15, 0.2) is 5.82 Å². The van der Waals surface area contributed by atoms with Gasteiger partial charge >= 0.3 is 0 Å². The smallest absolute Gasteiger partial charge is 0.264 e. The number of hydrogen-bond acceptors (Lipinski definition) is 4. The van der Waals surface area contributed by atoms with Gasteiger partial charge in [0.2, 0.25) is 0 Å². The molecule has 0 fully saturated rings. The van der Waals surface area contributed by atoms with Crippen LogP contribution in [-0.4, -0.2) is 30.3 Å². The predicted octanol–water partition coefficient (Wildman–Crippen LogP) is 2.63. The molecule has 2 rings (SSSR count). The van der Waals surface area contributed by atoms with E-state index in [9.17, 15) is 4.79 Å². The average Bonchev–Trinajstić information content (AvgIpc) is 2.93.